The Morgan fingerprint density at radius 2 is 1.73 bits per heavy atom. The fourth-order valence-corrected chi connectivity index (χ4v) is 3.21. The minimum absolute atomic E-state index is 0.258. The highest BCUT2D eigenvalue weighted by atomic mass is 19.1. The van der Waals surface area contributed by atoms with Crippen molar-refractivity contribution in [1.82, 2.24) is 9.78 Å². The van der Waals surface area contributed by atoms with E-state index in [1.165, 1.54) is 19.2 Å². The third kappa shape index (κ3) is 3.91. The number of rotatable bonds is 5. The van der Waals surface area contributed by atoms with E-state index in [2.05, 4.69) is 10.4 Å². The number of carbonyl (C=O) groups is 1. The number of hydrogen-bond donors (Lipinski definition) is 1. The molecule has 0 atom stereocenters. The first kappa shape index (κ1) is 19.3. The highest BCUT2D eigenvalue weighted by Crippen LogP contribution is 2.22. The second-order valence-electron chi connectivity index (χ2n) is 6.65. The molecule has 150 valence electrons. The largest absolute Gasteiger partial charge is 0.480 e. The van der Waals surface area contributed by atoms with E-state index in [9.17, 15) is 14.0 Å². The SMILES string of the molecule is COc1nn(CC(=O)Nc2ccc(-c3cccc(F)c3)cc2)c(=O)c2ccccc12. The number of anilines is 1. The molecule has 0 bridgehead atoms. The normalized spacial score (nSPS) is 10.7. The zero-order valence-electron chi connectivity index (χ0n) is 16.1. The summed E-state index contributed by atoms with van der Waals surface area (Å²) in [5, 5.41) is 7.91. The van der Waals surface area contributed by atoms with Crippen LogP contribution in [0.2, 0.25) is 0 Å². The monoisotopic (exact) mass is 403 g/mol. The molecule has 1 aromatic heterocycles. The Morgan fingerprint density at radius 1 is 1.00 bits per heavy atom. The van der Waals surface area contributed by atoms with Crippen molar-refractivity contribution in [2.45, 2.75) is 6.54 Å². The van der Waals surface area contributed by atoms with E-state index in [4.69, 9.17) is 4.74 Å². The number of carbonyl (C=O) groups excluding carboxylic acids is 1. The van der Waals surface area contributed by atoms with Gasteiger partial charge in [-0.05, 0) is 47.5 Å². The van der Waals surface area contributed by atoms with Gasteiger partial charge in [-0.1, -0.05) is 36.4 Å². The molecule has 0 radical (unpaired) electrons. The smallest absolute Gasteiger partial charge is 0.275 e. The van der Waals surface area contributed by atoms with Crippen LogP contribution in [0.1, 0.15) is 0 Å². The number of ether oxygens (including phenoxy) is 1. The molecule has 6 nitrogen and oxygen atoms in total. The second kappa shape index (κ2) is 8.16. The van der Waals surface area contributed by atoms with Crippen LogP contribution in [0, 0.1) is 5.82 Å². The lowest BCUT2D eigenvalue weighted by Crippen LogP contribution is -2.30. The van der Waals surface area contributed by atoms with Gasteiger partial charge in [0.05, 0.1) is 17.9 Å². The fourth-order valence-electron chi connectivity index (χ4n) is 3.21. The Kier molecular flexibility index (Phi) is 5.26. The number of methoxy groups -OCH3 is 1. The Morgan fingerprint density at radius 3 is 2.43 bits per heavy atom. The van der Waals surface area contributed by atoms with Crippen LogP contribution in [-0.2, 0) is 11.3 Å². The lowest BCUT2D eigenvalue weighted by molar-refractivity contribution is -0.117. The van der Waals surface area contributed by atoms with Crippen molar-refractivity contribution < 1.29 is 13.9 Å². The lowest BCUT2D eigenvalue weighted by Gasteiger charge is -2.11. The summed E-state index contributed by atoms with van der Waals surface area (Å²) in [6, 6.07) is 20.2. The van der Waals surface area contributed by atoms with Crippen LogP contribution >= 0.6 is 0 Å². The average Bonchev–Trinajstić information content (AvgIpc) is 2.76. The number of fused-ring (bicyclic) bond motifs is 1. The zero-order valence-corrected chi connectivity index (χ0v) is 16.1. The molecule has 30 heavy (non-hydrogen) atoms. The first-order chi connectivity index (χ1) is 14.5. The van der Waals surface area contributed by atoms with E-state index >= 15 is 0 Å². The predicted molar refractivity (Wildman–Crippen MR) is 113 cm³/mol. The first-order valence-electron chi connectivity index (χ1n) is 9.25. The molecule has 1 N–H and O–H groups in total. The summed E-state index contributed by atoms with van der Waals surface area (Å²) in [6.45, 7) is -0.258. The average molecular weight is 403 g/mol. The van der Waals surface area contributed by atoms with E-state index in [1.807, 2.05) is 6.07 Å². The van der Waals surface area contributed by atoms with Gasteiger partial charge >= 0.3 is 0 Å². The van der Waals surface area contributed by atoms with E-state index in [0.717, 1.165) is 15.8 Å². The van der Waals surface area contributed by atoms with Crippen LogP contribution in [0.5, 0.6) is 5.88 Å². The number of halogens is 1. The molecule has 0 saturated heterocycles. The molecule has 4 aromatic rings. The minimum atomic E-state index is -0.402. The quantitative estimate of drug-likeness (QED) is 0.549. The maximum Gasteiger partial charge on any atom is 0.275 e. The van der Waals surface area contributed by atoms with Gasteiger partial charge < -0.3 is 10.1 Å². The van der Waals surface area contributed by atoms with Crippen LogP contribution in [-0.4, -0.2) is 22.8 Å². The van der Waals surface area contributed by atoms with Gasteiger partial charge in [0.25, 0.3) is 5.56 Å². The van der Waals surface area contributed by atoms with Gasteiger partial charge in [-0.3, -0.25) is 9.59 Å². The number of aromatic nitrogens is 2. The van der Waals surface area contributed by atoms with Crippen molar-refractivity contribution in [2.75, 3.05) is 12.4 Å². The molecule has 0 aliphatic carbocycles. The van der Waals surface area contributed by atoms with Crippen molar-refractivity contribution in [3.8, 4) is 17.0 Å². The maximum absolute atomic E-state index is 13.4. The Hall–Kier alpha value is -4.00. The van der Waals surface area contributed by atoms with Gasteiger partial charge in [0.1, 0.15) is 12.4 Å². The molecule has 1 heterocycles. The van der Waals surface area contributed by atoms with Crippen molar-refractivity contribution >= 4 is 22.4 Å². The summed E-state index contributed by atoms with van der Waals surface area (Å²) in [4.78, 5) is 25.1. The van der Waals surface area contributed by atoms with Crippen LogP contribution in [0.3, 0.4) is 0 Å². The van der Waals surface area contributed by atoms with Crippen LogP contribution < -0.4 is 15.6 Å². The summed E-state index contributed by atoms with van der Waals surface area (Å²) in [5.41, 5.74) is 1.75. The molecule has 1 amide bonds. The molecule has 3 aromatic carbocycles. The number of amides is 1. The van der Waals surface area contributed by atoms with E-state index < -0.39 is 5.91 Å². The molecule has 0 unspecified atom stereocenters. The molecule has 0 aliphatic rings. The van der Waals surface area contributed by atoms with Gasteiger partial charge in [0.2, 0.25) is 11.8 Å². The van der Waals surface area contributed by atoms with E-state index in [-0.39, 0.29) is 23.8 Å². The van der Waals surface area contributed by atoms with Crippen LogP contribution in [0.4, 0.5) is 10.1 Å². The second-order valence-corrected chi connectivity index (χ2v) is 6.65. The Labute approximate surface area is 171 Å². The molecular weight excluding hydrogens is 385 g/mol. The van der Waals surface area contributed by atoms with Gasteiger partial charge in [-0.15, -0.1) is 5.10 Å². The third-order valence-electron chi connectivity index (χ3n) is 4.65. The molecule has 0 fully saturated rings. The van der Waals surface area contributed by atoms with Gasteiger partial charge in [-0.25, -0.2) is 9.07 Å². The topological polar surface area (TPSA) is 73.2 Å². The number of nitrogens with zero attached hydrogens (tertiary/aromatic N) is 2. The van der Waals surface area contributed by atoms with Gasteiger partial charge in [0.15, 0.2) is 0 Å². The van der Waals surface area contributed by atoms with Crippen LogP contribution in [0.25, 0.3) is 21.9 Å². The van der Waals surface area contributed by atoms with E-state index in [1.54, 1.807) is 54.6 Å². The van der Waals surface area contributed by atoms with Crippen molar-refractivity contribution in [3.63, 3.8) is 0 Å². The summed E-state index contributed by atoms with van der Waals surface area (Å²) >= 11 is 0. The van der Waals surface area contributed by atoms with Gasteiger partial charge in [-0.2, -0.15) is 0 Å². The molecule has 7 heteroatoms. The molecular formula is C23H18FN3O3. The van der Waals surface area contributed by atoms with Crippen molar-refractivity contribution in [2.24, 2.45) is 0 Å². The maximum atomic E-state index is 13.4. The molecule has 0 saturated carbocycles. The summed E-state index contributed by atoms with van der Waals surface area (Å²) in [5.74, 6) is -0.438. The minimum Gasteiger partial charge on any atom is -0.480 e. The van der Waals surface area contributed by atoms with Gasteiger partial charge in [0, 0.05) is 5.69 Å². The van der Waals surface area contributed by atoms with Crippen molar-refractivity contribution in [3.05, 3.63) is 89.0 Å². The predicted octanol–water partition coefficient (Wildman–Crippen LogP) is 3.85. The van der Waals surface area contributed by atoms with E-state index in [0.29, 0.717) is 16.5 Å². The number of nitrogens with one attached hydrogen (secondary N) is 1. The van der Waals surface area contributed by atoms with Crippen molar-refractivity contribution in [1.29, 1.82) is 0 Å². The highest BCUT2D eigenvalue weighted by molar-refractivity contribution is 5.91. The fraction of sp³-hybridized carbons (Fsp3) is 0.0870. The summed E-state index contributed by atoms with van der Waals surface area (Å²) < 4.78 is 19.7. The Balaban J connectivity index is 1.53. The Bertz CT molecular complexity index is 1280. The number of hydrogen-bond acceptors (Lipinski definition) is 4. The lowest BCUT2D eigenvalue weighted by atomic mass is 10.1. The third-order valence-corrected chi connectivity index (χ3v) is 4.65. The zero-order chi connectivity index (χ0) is 21.1. The molecule has 4 rings (SSSR count). The first-order valence-corrected chi connectivity index (χ1v) is 9.25. The molecule has 0 spiro atoms. The van der Waals surface area contributed by atoms with Crippen LogP contribution in [0.15, 0.2) is 77.6 Å². The standard InChI is InChI=1S/C23H18FN3O3/c1-30-22-19-7-2-3-8-20(19)23(29)27(26-22)14-21(28)25-18-11-9-15(10-12-18)16-5-4-6-17(24)13-16/h2-13H,14H2,1H3,(H,25,28). The molecule has 0 aliphatic heterocycles. The number of benzene rings is 3. The summed E-state index contributed by atoms with van der Waals surface area (Å²) in [7, 11) is 1.46. The highest BCUT2D eigenvalue weighted by Gasteiger charge is 2.13. The summed E-state index contributed by atoms with van der Waals surface area (Å²) in [6.07, 6.45) is 0.